The predicted molar refractivity (Wildman–Crippen MR) is 94.8 cm³/mol. The fourth-order valence-corrected chi connectivity index (χ4v) is 2.73. The van der Waals surface area contributed by atoms with Crippen LogP contribution in [0.2, 0.25) is 5.02 Å². The van der Waals surface area contributed by atoms with Crippen LogP contribution >= 0.6 is 11.6 Å². The Morgan fingerprint density at radius 2 is 1.84 bits per heavy atom. The average Bonchev–Trinajstić information content (AvgIpc) is 2.84. The van der Waals surface area contributed by atoms with Crippen molar-refractivity contribution in [2.45, 2.75) is 12.5 Å². The van der Waals surface area contributed by atoms with Gasteiger partial charge in [-0.15, -0.1) is 5.01 Å². The Bertz CT molecular complexity index is 851. The first kappa shape index (κ1) is 17.0. The summed E-state index contributed by atoms with van der Waals surface area (Å²) in [4.78, 5) is 25.0. The van der Waals surface area contributed by atoms with Gasteiger partial charge in [-0.3, -0.25) is 4.79 Å². The molecule has 25 heavy (non-hydrogen) atoms. The third kappa shape index (κ3) is 3.08. The van der Waals surface area contributed by atoms with E-state index < -0.39 is 17.5 Å². The van der Waals surface area contributed by atoms with Gasteiger partial charge in [0, 0.05) is 10.6 Å². The smallest absolute Gasteiger partial charge is 0.346 e. The molecule has 0 aliphatic carbocycles. The van der Waals surface area contributed by atoms with E-state index in [-0.39, 0.29) is 0 Å². The summed E-state index contributed by atoms with van der Waals surface area (Å²) in [5.41, 5.74) is 0.0613. The van der Waals surface area contributed by atoms with Crippen molar-refractivity contribution in [1.29, 1.82) is 0 Å². The zero-order chi connectivity index (χ0) is 18.0. The Balaban J connectivity index is 1.87. The normalized spacial score (nSPS) is 20.2. The van der Waals surface area contributed by atoms with Crippen molar-refractivity contribution in [3.8, 4) is 5.75 Å². The number of ether oxygens (including phenoxy) is 1. The van der Waals surface area contributed by atoms with E-state index in [1.807, 2.05) is 0 Å². The number of hydrogen-bond donors (Lipinski definition) is 1. The van der Waals surface area contributed by atoms with Crippen molar-refractivity contribution in [2.24, 2.45) is 5.10 Å². The monoisotopic (exact) mass is 357 g/mol. The summed E-state index contributed by atoms with van der Waals surface area (Å²) in [6.07, 6.45) is 1.39. The molecule has 1 heterocycles. The number of nitrogens with one attached hydrogen (secondary N) is 1. The molecule has 1 atom stereocenters. The molecule has 1 N–H and O–H groups in total. The predicted octanol–water partition coefficient (Wildman–Crippen LogP) is 3.15. The average molecular weight is 358 g/mol. The third-order valence-electron chi connectivity index (χ3n) is 4.05. The van der Waals surface area contributed by atoms with Gasteiger partial charge < -0.3 is 10.1 Å². The summed E-state index contributed by atoms with van der Waals surface area (Å²) in [6, 6.07) is 13.4. The molecule has 1 aliphatic heterocycles. The molecule has 2 aromatic rings. The first-order valence-corrected chi connectivity index (χ1v) is 7.93. The minimum Gasteiger partial charge on any atom is -0.497 e. The molecule has 1 unspecified atom stereocenters. The molecule has 0 spiro atoms. The van der Waals surface area contributed by atoms with Gasteiger partial charge in [0.1, 0.15) is 11.3 Å². The van der Waals surface area contributed by atoms with Crippen LogP contribution in [0.25, 0.3) is 0 Å². The van der Waals surface area contributed by atoms with Crippen molar-refractivity contribution in [1.82, 2.24) is 10.3 Å². The lowest BCUT2D eigenvalue weighted by Gasteiger charge is -2.21. The Morgan fingerprint density at radius 1 is 1.16 bits per heavy atom. The molecular formula is C18H16ClN3O3. The van der Waals surface area contributed by atoms with Crippen LogP contribution < -0.4 is 10.1 Å². The molecule has 1 fully saturated rings. The molecular weight excluding hydrogens is 342 g/mol. The van der Waals surface area contributed by atoms with Crippen LogP contribution in [0, 0.1) is 0 Å². The maximum Gasteiger partial charge on any atom is 0.346 e. The lowest BCUT2D eigenvalue weighted by molar-refractivity contribution is -0.131. The number of imide groups is 1. The van der Waals surface area contributed by atoms with Gasteiger partial charge in [-0.2, -0.15) is 5.10 Å². The molecule has 0 bridgehead atoms. The maximum atomic E-state index is 12.8. The number of benzene rings is 2. The van der Waals surface area contributed by atoms with Crippen LogP contribution in [-0.2, 0) is 10.3 Å². The minimum atomic E-state index is -1.19. The zero-order valence-electron chi connectivity index (χ0n) is 13.7. The minimum absolute atomic E-state index is 0.467. The van der Waals surface area contributed by atoms with Crippen molar-refractivity contribution in [2.75, 3.05) is 7.11 Å². The number of amides is 3. The van der Waals surface area contributed by atoms with Gasteiger partial charge in [0.25, 0.3) is 5.91 Å². The maximum absolute atomic E-state index is 12.8. The van der Waals surface area contributed by atoms with Crippen molar-refractivity contribution in [3.63, 3.8) is 0 Å². The number of halogens is 1. The number of nitrogens with zero attached hydrogens (tertiary/aromatic N) is 2. The van der Waals surface area contributed by atoms with Crippen molar-refractivity contribution in [3.05, 3.63) is 64.7 Å². The highest BCUT2D eigenvalue weighted by Gasteiger charge is 2.49. The second kappa shape index (κ2) is 6.57. The van der Waals surface area contributed by atoms with Crippen LogP contribution in [-0.4, -0.2) is 30.3 Å². The highest BCUT2D eigenvalue weighted by Crippen LogP contribution is 2.30. The topological polar surface area (TPSA) is 71.0 Å². The molecule has 1 saturated heterocycles. The summed E-state index contributed by atoms with van der Waals surface area (Å²) < 4.78 is 5.11. The Kier molecular flexibility index (Phi) is 4.46. The Labute approximate surface area is 150 Å². The van der Waals surface area contributed by atoms with E-state index >= 15 is 0 Å². The van der Waals surface area contributed by atoms with Gasteiger partial charge in [0.2, 0.25) is 0 Å². The molecule has 0 saturated carbocycles. The van der Waals surface area contributed by atoms with Gasteiger partial charge in [0.15, 0.2) is 0 Å². The van der Waals surface area contributed by atoms with Crippen LogP contribution in [0.15, 0.2) is 53.6 Å². The second-order valence-corrected chi connectivity index (χ2v) is 6.07. The molecule has 7 heteroatoms. The van der Waals surface area contributed by atoms with Gasteiger partial charge >= 0.3 is 6.03 Å². The number of methoxy groups -OCH3 is 1. The van der Waals surface area contributed by atoms with E-state index in [0.29, 0.717) is 21.9 Å². The molecule has 128 valence electrons. The van der Waals surface area contributed by atoms with Crippen molar-refractivity contribution >= 4 is 29.8 Å². The lowest BCUT2D eigenvalue weighted by Crippen LogP contribution is -2.40. The SMILES string of the molecule is COc1ccc(C2(C)NC(=O)N(/N=C/c3ccccc3Cl)C2=O)cc1. The molecule has 0 radical (unpaired) electrons. The van der Waals surface area contributed by atoms with E-state index in [1.54, 1.807) is 62.6 Å². The number of hydrogen-bond acceptors (Lipinski definition) is 4. The first-order chi connectivity index (χ1) is 12.0. The molecule has 3 amide bonds. The van der Waals surface area contributed by atoms with Crippen LogP contribution in [0.5, 0.6) is 5.75 Å². The summed E-state index contributed by atoms with van der Waals surface area (Å²) >= 11 is 6.06. The number of urea groups is 1. The quantitative estimate of drug-likeness (QED) is 0.675. The van der Waals surface area contributed by atoms with Gasteiger partial charge in [0.05, 0.1) is 13.3 Å². The molecule has 0 aromatic heterocycles. The largest absolute Gasteiger partial charge is 0.497 e. The summed E-state index contributed by atoms with van der Waals surface area (Å²) in [6.45, 7) is 1.64. The molecule has 2 aromatic carbocycles. The van der Waals surface area contributed by atoms with E-state index in [9.17, 15) is 9.59 Å². The van der Waals surface area contributed by atoms with Gasteiger partial charge in [-0.25, -0.2) is 4.79 Å². The van der Waals surface area contributed by atoms with Gasteiger partial charge in [-0.1, -0.05) is 41.9 Å². The summed E-state index contributed by atoms with van der Waals surface area (Å²) in [7, 11) is 1.56. The van der Waals surface area contributed by atoms with E-state index in [2.05, 4.69) is 10.4 Å². The van der Waals surface area contributed by atoms with Crippen LogP contribution in [0.3, 0.4) is 0 Å². The van der Waals surface area contributed by atoms with Crippen LogP contribution in [0.4, 0.5) is 4.79 Å². The molecule has 6 nitrogen and oxygen atoms in total. The fraction of sp³-hybridized carbons (Fsp3) is 0.167. The summed E-state index contributed by atoms with van der Waals surface area (Å²) in [5, 5.41) is 7.99. The molecule has 3 rings (SSSR count). The standard InChI is InChI=1S/C18H16ClN3O3/c1-18(13-7-9-14(25-2)10-8-13)16(23)22(17(24)21-18)20-11-12-5-3-4-6-15(12)19/h3-11H,1-2H3,(H,21,24)/b20-11+. The zero-order valence-corrected chi connectivity index (χ0v) is 14.4. The third-order valence-corrected chi connectivity index (χ3v) is 4.40. The Morgan fingerprint density at radius 3 is 2.48 bits per heavy atom. The highest BCUT2D eigenvalue weighted by molar-refractivity contribution is 6.33. The second-order valence-electron chi connectivity index (χ2n) is 5.67. The highest BCUT2D eigenvalue weighted by atomic mass is 35.5. The first-order valence-electron chi connectivity index (χ1n) is 7.55. The number of carbonyl (C=O) groups is 2. The van der Waals surface area contributed by atoms with E-state index in [0.717, 1.165) is 5.01 Å². The number of hydrazone groups is 1. The summed E-state index contributed by atoms with van der Waals surface area (Å²) in [5.74, 6) is 0.198. The number of carbonyl (C=O) groups excluding carboxylic acids is 2. The van der Waals surface area contributed by atoms with Crippen LogP contribution in [0.1, 0.15) is 18.1 Å². The lowest BCUT2D eigenvalue weighted by atomic mass is 9.92. The van der Waals surface area contributed by atoms with Gasteiger partial charge in [-0.05, 0) is 30.7 Å². The number of rotatable bonds is 4. The van der Waals surface area contributed by atoms with Crippen molar-refractivity contribution < 1.29 is 14.3 Å². The Hall–Kier alpha value is -2.86. The fourth-order valence-electron chi connectivity index (χ4n) is 2.55. The van der Waals surface area contributed by atoms with E-state index in [4.69, 9.17) is 16.3 Å². The molecule has 1 aliphatic rings. The van der Waals surface area contributed by atoms with E-state index in [1.165, 1.54) is 6.21 Å².